The summed E-state index contributed by atoms with van der Waals surface area (Å²) in [7, 11) is 0. The van der Waals surface area contributed by atoms with E-state index in [1.807, 2.05) is 6.20 Å². The van der Waals surface area contributed by atoms with Gasteiger partial charge in [-0.15, -0.1) is 0 Å². The van der Waals surface area contributed by atoms with Crippen LogP contribution in [-0.2, 0) is 6.54 Å². The van der Waals surface area contributed by atoms with E-state index in [1.54, 1.807) is 0 Å². The smallest absolute Gasteiger partial charge is 0.0821 e. The zero-order valence-corrected chi connectivity index (χ0v) is 8.33. The number of pyridine rings is 1. The maximum Gasteiger partial charge on any atom is 0.0821 e. The van der Waals surface area contributed by atoms with E-state index in [2.05, 4.69) is 36.8 Å². The number of nitrogens with zero attached hydrogens (tertiary/aromatic N) is 2. The highest BCUT2D eigenvalue weighted by Gasteiger charge is 2.14. The SMILES string of the molecule is CC1=NCc2ncc(C(C)C)cc21. The maximum atomic E-state index is 4.42. The lowest BCUT2D eigenvalue weighted by Gasteiger charge is -2.06. The quantitative estimate of drug-likeness (QED) is 0.642. The molecule has 1 aliphatic heterocycles. The first kappa shape index (κ1) is 8.42. The normalized spacial score (nSPS) is 14.6. The second-order valence-electron chi connectivity index (χ2n) is 3.82. The molecule has 1 aromatic rings. The largest absolute Gasteiger partial charge is 0.283 e. The van der Waals surface area contributed by atoms with Gasteiger partial charge in [0.2, 0.25) is 0 Å². The van der Waals surface area contributed by atoms with Gasteiger partial charge in [-0.05, 0) is 24.5 Å². The van der Waals surface area contributed by atoms with Crippen LogP contribution in [0.2, 0.25) is 0 Å². The van der Waals surface area contributed by atoms with Gasteiger partial charge < -0.3 is 0 Å². The molecule has 68 valence electrons. The van der Waals surface area contributed by atoms with Crippen LogP contribution in [0.5, 0.6) is 0 Å². The molecule has 0 amide bonds. The Labute approximate surface area is 78.7 Å². The van der Waals surface area contributed by atoms with Crippen LogP contribution < -0.4 is 0 Å². The van der Waals surface area contributed by atoms with Crippen LogP contribution >= 0.6 is 0 Å². The van der Waals surface area contributed by atoms with Crippen molar-refractivity contribution < 1.29 is 0 Å². The first-order valence-electron chi connectivity index (χ1n) is 4.68. The zero-order valence-electron chi connectivity index (χ0n) is 8.33. The summed E-state index contributed by atoms with van der Waals surface area (Å²) in [5.74, 6) is 0.547. The molecule has 0 fully saturated rings. The second kappa shape index (κ2) is 2.95. The first-order valence-corrected chi connectivity index (χ1v) is 4.68. The van der Waals surface area contributed by atoms with Crippen LogP contribution in [0.25, 0.3) is 0 Å². The number of hydrogen-bond donors (Lipinski definition) is 0. The van der Waals surface area contributed by atoms with Crippen molar-refractivity contribution in [2.24, 2.45) is 4.99 Å². The molecule has 2 nitrogen and oxygen atoms in total. The molecular formula is C11H14N2. The number of fused-ring (bicyclic) bond motifs is 1. The molecule has 2 rings (SSSR count). The fraction of sp³-hybridized carbons (Fsp3) is 0.455. The Morgan fingerprint density at radius 1 is 1.38 bits per heavy atom. The van der Waals surface area contributed by atoms with Crippen molar-refractivity contribution in [2.75, 3.05) is 0 Å². The van der Waals surface area contributed by atoms with Gasteiger partial charge in [0.1, 0.15) is 0 Å². The van der Waals surface area contributed by atoms with Gasteiger partial charge in [0, 0.05) is 17.5 Å². The lowest BCUT2D eigenvalue weighted by molar-refractivity contribution is 0.851. The molecule has 0 N–H and O–H groups in total. The van der Waals surface area contributed by atoms with Crippen LogP contribution in [0.1, 0.15) is 43.5 Å². The summed E-state index contributed by atoms with van der Waals surface area (Å²) in [6, 6.07) is 2.22. The summed E-state index contributed by atoms with van der Waals surface area (Å²) in [4.78, 5) is 8.77. The fourth-order valence-corrected chi connectivity index (χ4v) is 1.54. The third-order valence-corrected chi connectivity index (χ3v) is 2.51. The van der Waals surface area contributed by atoms with E-state index in [9.17, 15) is 0 Å². The summed E-state index contributed by atoms with van der Waals surface area (Å²) in [5.41, 5.74) is 4.80. The third kappa shape index (κ3) is 1.37. The predicted molar refractivity (Wildman–Crippen MR) is 54.2 cm³/mol. The Balaban J connectivity index is 2.47. The van der Waals surface area contributed by atoms with Crippen LogP contribution in [0.15, 0.2) is 17.3 Å². The van der Waals surface area contributed by atoms with E-state index >= 15 is 0 Å². The molecule has 0 atom stereocenters. The van der Waals surface area contributed by atoms with Gasteiger partial charge in [-0.2, -0.15) is 0 Å². The molecule has 0 saturated carbocycles. The van der Waals surface area contributed by atoms with Crippen LogP contribution in [0, 0.1) is 0 Å². The minimum atomic E-state index is 0.547. The minimum Gasteiger partial charge on any atom is -0.283 e. The topological polar surface area (TPSA) is 25.2 Å². The molecule has 0 aromatic carbocycles. The second-order valence-corrected chi connectivity index (χ2v) is 3.82. The monoisotopic (exact) mass is 174 g/mol. The average Bonchev–Trinajstić information content (AvgIpc) is 2.47. The van der Waals surface area contributed by atoms with Crippen molar-refractivity contribution in [2.45, 2.75) is 33.2 Å². The molecule has 0 radical (unpaired) electrons. The van der Waals surface area contributed by atoms with Crippen molar-refractivity contribution >= 4 is 5.71 Å². The molecule has 0 aliphatic carbocycles. The van der Waals surface area contributed by atoms with Gasteiger partial charge in [0.15, 0.2) is 0 Å². The highest BCUT2D eigenvalue weighted by molar-refractivity contribution is 6.01. The maximum absolute atomic E-state index is 4.42. The molecular weight excluding hydrogens is 160 g/mol. The third-order valence-electron chi connectivity index (χ3n) is 2.51. The molecule has 2 heteroatoms. The van der Waals surface area contributed by atoms with Crippen LogP contribution in [0.4, 0.5) is 0 Å². The molecule has 2 heterocycles. The van der Waals surface area contributed by atoms with Gasteiger partial charge in [-0.1, -0.05) is 13.8 Å². The van der Waals surface area contributed by atoms with E-state index in [-0.39, 0.29) is 0 Å². The lowest BCUT2D eigenvalue weighted by Crippen LogP contribution is -1.98. The van der Waals surface area contributed by atoms with Crippen LogP contribution in [-0.4, -0.2) is 10.7 Å². The molecule has 0 bridgehead atoms. The van der Waals surface area contributed by atoms with E-state index in [0.29, 0.717) is 5.92 Å². The summed E-state index contributed by atoms with van der Waals surface area (Å²) in [6.45, 7) is 7.19. The van der Waals surface area contributed by atoms with E-state index in [1.165, 1.54) is 11.1 Å². The predicted octanol–water partition coefficient (Wildman–Crippen LogP) is 2.53. The minimum absolute atomic E-state index is 0.547. The molecule has 13 heavy (non-hydrogen) atoms. The standard InChI is InChI=1S/C11H14N2/c1-7(2)9-4-10-8(3)12-6-11(10)13-5-9/h4-5,7H,6H2,1-3H3. The molecule has 0 spiro atoms. The Hall–Kier alpha value is -1.18. The summed E-state index contributed by atoms with van der Waals surface area (Å²) < 4.78 is 0. The van der Waals surface area contributed by atoms with Crippen molar-refractivity contribution in [3.05, 3.63) is 29.1 Å². The number of aromatic nitrogens is 1. The van der Waals surface area contributed by atoms with Gasteiger partial charge in [-0.25, -0.2) is 0 Å². The number of rotatable bonds is 1. The molecule has 1 aromatic heterocycles. The molecule has 0 unspecified atom stereocenters. The number of hydrogen-bond acceptors (Lipinski definition) is 2. The van der Waals surface area contributed by atoms with Crippen molar-refractivity contribution in [1.29, 1.82) is 0 Å². The average molecular weight is 174 g/mol. The molecule has 0 saturated heterocycles. The Bertz CT molecular complexity index is 364. The van der Waals surface area contributed by atoms with Gasteiger partial charge >= 0.3 is 0 Å². The van der Waals surface area contributed by atoms with E-state index < -0.39 is 0 Å². The lowest BCUT2D eigenvalue weighted by atomic mass is 10.0. The van der Waals surface area contributed by atoms with E-state index in [4.69, 9.17) is 0 Å². The van der Waals surface area contributed by atoms with Crippen LogP contribution in [0.3, 0.4) is 0 Å². The number of aliphatic imine (C=N–C) groups is 1. The Morgan fingerprint density at radius 2 is 2.15 bits per heavy atom. The fourth-order valence-electron chi connectivity index (χ4n) is 1.54. The van der Waals surface area contributed by atoms with Gasteiger partial charge in [-0.3, -0.25) is 9.98 Å². The highest BCUT2D eigenvalue weighted by atomic mass is 14.8. The van der Waals surface area contributed by atoms with Crippen molar-refractivity contribution in [3.8, 4) is 0 Å². The Morgan fingerprint density at radius 3 is 2.85 bits per heavy atom. The molecule has 1 aliphatic rings. The Kier molecular flexibility index (Phi) is 1.91. The van der Waals surface area contributed by atoms with Crippen molar-refractivity contribution in [3.63, 3.8) is 0 Å². The van der Waals surface area contributed by atoms with Gasteiger partial charge in [0.05, 0.1) is 12.2 Å². The summed E-state index contributed by atoms with van der Waals surface area (Å²) >= 11 is 0. The highest BCUT2D eigenvalue weighted by Crippen LogP contribution is 2.21. The first-order chi connectivity index (χ1) is 6.18. The van der Waals surface area contributed by atoms with Gasteiger partial charge in [0.25, 0.3) is 0 Å². The summed E-state index contributed by atoms with van der Waals surface area (Å²) in [6.07, 6.45) is 1.97. The van der Waals surface area contributed by atoms with Crippen molar-refractivity contribution in [1.82, 2.24) is 4.98 Å². The summed E-state index contributed by atoms with van der Waals surface area (Å²) in [5, 5.41) is 0. The zero-order chi connectivity index (χ0) is 9.42. The van der Waals surface area contributed by atoms with E-state index in [0.717, 1.165) is 18.0 Å².